The van der Waals surface area contributed by atoms with Crippen LogP contribution in [-0.4, -0.2) is 21.1 Å². The van der Waals surface area contributed by atoms with Crippen LogP contribution >= 0.6 is 11.6 Å². The van der Waals surface area contributed by atoms with Gasteiger partial charge in [0, 0.05) is 10.7 Å². The molecule has 1 amide bonds. The Labute approximate surface area is 199 Å². The average molecular weight is 515 g/mol. The number of amides is 1. The Balaban J connectivity index is 1.84. The molecule has 0 radical (unpaired) electrons. The first-order valence-electron chi connectivity index (χ1n) is 9.79. The number of halogens is 5. The van der Waals surface area contributed by atoms with Gasteiger partial charge in [-0.25, -0.2) is 12.8 Å². The molecule has 0 bridgehead atoms. The molecule has 0 unspecified atom stereocenters. The molecule has 180 valence electrons. The molecule has 0 aliphatic heterocycles. The minimum absolute atomic E-state index is 0.0138. The third kappa shape index (κ3) is 6.06. The number of nitrogens with zero attached hydrogens (tertiary/aromatic N) is 2. The van der Waals surface area contributed by atoms with E-state index in [2.05, 4.69) is 0 Å². The lowest BCUT2D eigenvalue weighted by Gasteiger charge is -2.24. The molecule has 34 heavy (non-hydrogen) atoms. The van der Waals surface area contributed by atoms with Crippen molar-refractivity contribution in [1.29, 1.82) is 0 Å². The Hall–Kier alpha value is -3.11. The van der Waals surface area contributed by atoms with Gasteiger partial charge in [-0.3, -0.25) is 9.10 Å². The highest BCUT2D eigenvalue weighted by molar-refractivity contribution is 7.92. The van der Waals surface area contributed by atoms with Crippen LogP contribution in [0.5, 0.6) is 0 Å². The van der Waals surface area contributed by atoms with Crippen LogP contribution in [0.4, 0.5) is 28.9 Å². The summed E-state index contributed by atoms with van der Waals surface area (Å²) in [7, 11) is -3.68. The van der Waals surface area contributed by atoms with Crippen LogP contribution in [0.3, 0.4) is 0 Å². The Kier molecular flexibility index (Phi) is 7.52. The molecule has 0 spiro atoms. The first-order chi connectivity index (χ1) is 15.9. The van der Waals surface area contributed by atoms with Gasteiger partial charge in [0.25, 0.3) is 0 Å². The first kappa shape index (κ1) is 25.5. The summed E-state index contributed by atoms with van der Waals surface area (Å²) in [6.45, 7) is -0.201. The largest absolute Gasteiger partial charge is 0.419 e. The van der Waals surface area contributed by atoms with E-state index in [0.29, 0.717) is 34.4 Å². The van der Waals surface area contributed by atoms with E-state index in [9.17, 15) is 30.8 Å². The van der Waals surface area contributed by atoms with Gasteiger partial charge in [-0.1, -0.05) is 35.9 Å². The van der Waals surface area contributed by atoms with Crippen LogP contribution in [0.15, 0.2) is 66.7 Å². The summed E-state index contributed by atoms with van der Waals surface area (Å²) < 4.78 is 78.1. The van der Waals surface area contributed by atoms with Crippen LogP contribution in [0.25, 0.3) is 0 Å². The van der Waals surface area contributed by atoms with Gasteiger partial charge < -0.3 is 4.90 Å². The highest BCUT2D eigenvalue weighted by Crippen LogP contribution is 2.32. The average Bonchev–Trinajstić information content (AvgIpc) is 2.75. The summed E-state index contributed by atoms with van der Waals surface area (Å²) in [5.41, 5.74) is 0.0103. The maximum atomic E-state index is 13.9. The Morgan fingerprint density at radius 3 is 2.09 bits per heavy atom. The lowest BCUT2D eigenvalue weighted by Crippen LogP contribution is -2.29. The number of alkyl halides is 3. The van der Waals surface area contributed by atoms with Crippen LogP contribution in [0.1, 0.15) is 16.7 Å². The molecule has 0 aromatic heterocycles. The molecule has 0 atom stereocenters. The fourth-order valence-electron chi connectivity index (χ4n) is 3.26. The fourth-order valence-corrected chi connectivity index (χ4v) is 4.34. The van der Waals surface area contributed by atoms with Crippen molar-refractivity contribution in [3.8, 4) is 0 Å². The molecule has 3 aromatic carbocycles. The van der Waals surface area contributed by atoms with E-state index in [4.69, 9.17) is 11.6 Å². The van der Waals surface area contributed by atoms with E-state index in [0.717, 1.165) is 27.6 Å². The Morgan fingerprint density at radius 1 is 0.941 bits per heavy atom. The van der Waals surface area contributed by atoms with Gasteiger partial charge in [0.1, 0.15) is 5.82 Å². The number of carbonyl (C=O) groups excluding carboxylic acids is 1. The van der Waals surface area contributed by atoms with Gasteiger partial charge in [-0.05, 0) is 53.6 Å². The molecule has 0 N–H and O–H groups in total. The highest BCUT2D eigenvalue weighted by Gasteiger charge is 2.34. The van der Waals surface area contributed by atoms with Crippen molar-refractivity contribution in [2.75, 3.05) is 15.5 Å². The molecule has 3 rings (SSSR count). The SMILES string of the molecule is CS(=O)(=O)N(Cc1ccccc1Cl)c1ccc(N(C=O)Cc2ccc(C(F)(F)F)c(F)c2)cc1. The van der Waals surface area contributed by atoms with Crippen LogP contribution in [0, 0.1) is 5.82 Å². The molecule has 0 fully saturated rings. The van der Waals surface area contributed by atoms with E-state index in [1.54, 1.807) is 24.3 Å². The zero-order chi connectivity index (χ0) is 25.1. The number of anilines is 2. The van der Waals surface area contributed by atoms with Crippen molar-refractivity contribution in [3.63, 3.8) is 0 Å². The number of hydrogen-bond donors (Lipinski definition) is 0. The number of benzene rings is 3. The zero-order valence-corrected chi connectivity index (χ0v) is 19.3. The minimum Gasteiger partial charge on any atom is -0.311 e. The van der Waals surface area contributed by atoms with E-state index in [1.807, 2.05) is 0 Å². The third-order valence-corrected chi connectivity index (χ3v) is 6.47. The van der Waals surface area contributed by atoms with E-state index in [-0.39, 0.29) is 18.7 Å². The lowest BCUT2D eigenvalue weighted by molar-refractivity contribution is -0.140. The molecule has 0 aliphatic rings. The summed E-state index contributed by atoms with van der Waals surface area (Å²) in [6, 6.07) is 15.2. The molecular formula is C23H19ClF4N2O3S. The number of rotatable bonds is 8. The first-order valence-corrected chi connectivity index (χ1v) is 12.0. The van der Waals surface area contributed by atoms with Gasteiger partial charge in [-0.2, -0.15) is 13.2 Å². The molecule has 0 aliphatic carbocycles. The predicted molar refractivity (Wildman–Crippen MR) is 123 cm³/mol. The van der Waals surface area contributed by atoms with Crippen molar-refractivity contribution < 1.29 is 30.8 Å². The van der Waals surface area contributed by atoms with Gasteiger partial charge in [0.05, 0.1) is 30.6 Å². The van der Waals surface area contributed by atoms with Crippen molar-refractivity contribution in [1.82, 2.24) is 0 Å². The summed E-state index contributed by atoms with van der Waals surface area (Å²) >= 11 is 6.16. The third-order valence-electron chi connectivity index (χ3n) is 4.96. The van der Waals surface area contributed by atoms with E-state index >= 15 is 0 Å². The second kappa shape index (κ2) is 10.0. The molecule has 5 nitrogen and oxygen atoms in total. The van der Waals surface area contributed by atoms with Crippen LogP contribution in [-0.2, 0) is 34.1 Å². The Morgan fingerprint density at radius 2 is 1.56 bits per heavy atom. The molecular weight excluding hydrogens is 496 g/mol. The van der Waals surface area contributed by atoms with Gasteiger partial charge >= 0.3 is 6.18 Å². The van der Waals surface area contributed by atoms with Gasteiger partial charge in [0.2, 0.25) is 16.4 Å². The van der Waals surface area contributed by atoms with Crippen molar-refractivity contribution >= 4 is 39.4 Å². The Bertz CT molecular complexity index is 1280. The smallest absolute Gasteiger partial charge is 0.311 e. The van der Waals surface area contributed by atoms with E-state index in [1.165, 1.54) is 24.3 Å². The number of sulfonamides is 1. The van der Waals surface area contributed by atoms with Gasteiger partial charge in [-0.15, -0.1) is 0 Å². The van der Waals surface area contributed by atoms with E-state index < -0.39 is 27.6 Å². The van der Waals surface area contributed by atoms with Crippen molar-refractivity contribution in [2.24, 2.45) is 0 Å². The lowest BCUT2D eigenvalue weighted by atomic mass is 10.1. The topological polar surface area (TPSA) is 57.7 Å². The standard InChI is InChI=1S/C23H19ClF4N2O3S/c1-34(32,33)30(14-17-4-2-3-5-21(17)24)19-9-7-18(8-10-19)29(15-31)13-16-6-11-20(22(25)12-16)23(26,27)28/h2-12,15H,13-14H2,1H3. The summed E-state index contributed by atoms with van der Waals surface area (Å²) in [5, 5.41) is 0.406. The minimum atomic E-state index is -4.82. The number of carbonyl (C=O) groups is 1. The van der Waals surface area contributed by atoms with Crippen molar-refractivity contribution in [2.45, 2.75) is 19.3 Å². The van der Waals surface area contributed by atoms with Crippen LogP contribution in [0.2, 0.25) is 5.02 Å². The maximum absolute atomic E-state index is 13.9. The quantitative estimate of drug-likeness (QED) is 0.289. The second-order valence-corrected chi connectivity index (χ2v) is 9.74. The molecule has 0 saturated heterocycles. The normalized spacial score (nSPS) is 11.8. The monoisotopic (exact) mass is 514 g/mol. The maximum Gasteiger partial charge on any atom is 0.419 e. The summed E-state index contributed by atoms with van der Waals surface area (Å²) in [6.07, 6.45) is -3.32. The number of hydrogen-bond acceptors (Lipinski definition) is 3. The summed E-state index contributed by atoms with van der Waals surface area (Å²) in [4.78, 5) is 12.8. The zero-order valence-electron chi connectivity index (χ0n) is 17.8. The second-order valence-electron chi connectivity index (χ2n) is 7.42. The highest BCUT2D eigenvalue weighted by atomic mass is 35.5. The molecule has 3 aromatic rings. The molecule has 0 heterocycles. The summed E-state index contributed by atoms with van der Waals surface area (Å²) in [5.74, 6) is -1.44. The fraction of sp³-hybridized carbons (Fsp3) is 0.174. The van der Waals surface area contributed by atoms with Crippen LogP contribution < -0.4 is 9.21 Å². The molecule has 0 saturated carbocycles. The predicted octanol–water partition coefficient (Wildman–Crippen LogP) is 5.63. The van der Waals surface area contributed by atoms with Crippen molar-refractivity contribution in [3.05, 3.63) is 94.3 Å². The molecule has 11 heteroatoms. The van der Waals surface area contributed by atoms with Gasteiger partial charge in [0.15, 0.2) is 0 Å².